The Morgan fingerprint density at radius 3 is 2.58 bits per heavy atom. The molecular formula is C22H24ClF2N5O2S. The first-order valence-electron chi connectivity index (χ1n) is 10.5. The number of nitrogens with zero attached hydrogens (tertiary/aromatic N) is 4. The minimum absolute atomic E-state index is 0.0167. The number of halogens is 3. The fourth-order valence-corrected chi connectivity index (χ4v) is 5.58. The molecule has 11 heteroatoms. The van der Waals surface area contributed by atoms with Gasteiger partial charge in [0, 0.05) is 25.6 Å². The maximum atomic E-state index is 14.0. The zero-order valence-corrected chi connectivity index (χ0v) is 20.0. The molecule has 0 aliphatic carbocycles. The lowest BCUT2D eigenvalue weighted by Crippen LogP contribution is -2.40. The largest absolute Gasteiger partial charge is 0.367 e. The zero-order chi connectivity index (χ0) is 24.0. The Bertz CT molecular complexity index is 1300. The van der Waals surface area contributed by atoms with Crippen LogP contribution in [0.15, 0.2) is 30.6 Å². The number of anilines is 2. The summed E-state index contributed by atoms with van der Waals surface area (Å²) in [6.07, 6.45) is 1.36. The number of pyridine rings is 1. The minimum Gasteiger partial charge on any atom is -0.367 e. The Hall–Kier alpha value is -2.59. The molecule has 0 spiro atoms. The molecule has 176 valence electrons. The van der Waals surface area contributed by atoms with Crippen LogP contribution in [0.25, 0.3) is 11.0 Å². The summed E-state index contributed by atoms with van der Waals surface area (Å²) in [5.74, 6) is -2.37. The second-order valence-corrected chi connectivity index (χ2v) is 11.0. The van der Waals surface area contributed by atoms with Gasteiger partial charge in [0.25, 0.3) is 5.92 Å². The van der Waals surface area contributed by atoms with Crippen molar-refractivity contribution < 1.29 is 17.2 Å². The fraction of sp³-hybridized carbons (Fsp3) is 0.409. The van der Waals surface area contributed by atoms with Gasteiger partial charge in [0.2, 0.25) is 0 Å². The standard InChI is InChI=1S/C22H24ClF2N5O2S/c1-13-15(5-4-6-17(13)22(3,24)25)14(2)28-20-16-11-18(19(23)29-21(16)27-12-26-20)30-7-9-33(31,32)10-8-30/h4-6,11-12,14H,7-10H2,1-3H3,(H,26,27,28,29)/t14-/m1/s1. The first-order valence-corrected chi connectivity index (χ1v) is 12.7. The van der Waals surface area contributed by atoms with Crippen molar-refractivity contribution in [1.29, 1.82) is 0 Å². The van der Waals surface area contributed by atoms with E-state index in [1.807, 2.05) is 11.8 Å². The van der Waals surface area contributed by atoms with E-state index in [2.05, 4.69) is 20.3 Å². The highest BCUT2D eigenvalue weighted by molar-refractivity contribution is 7.91. The Morgan fingerprint density at radius 2 is 1.91 bits per heavy atom. The summed E-state index contributed by atoms with van der Waals surface area (Å²) in [4.78, 5) is 14.8. The van der Waals surface area contributed by atoms with E-state index < -0.39 is 15.8 Å². The van der Waals surface area contributed by atoms with Gasteiger partial charge in [-0.25, -0.2) is 32.2 Å². The summed E-state index contributed by atoms with van der Waals surface area (Å²) in [5, 5.41) is 4.12. The van der Waals surface area contributed by atoms with Crippen molar-refractivity contribution in [2.75, 3.05) is 34.8 Å². The molecule has 0 radical (unpaired) electrons. The number of hydrogen-bond acceptors (Lipinski definition) is 7. The molecule has 1 aliphatic rings. The molecule has 1 N–H and O–H groups in total. The minimum atomic E-state index is -3.05. The molecule has 1 aliphatic heterocycles. The van der Waals surface area contributed by atoms with Crippen LogP contribution < -0.4 is 10.2 Å². The average Bonchev–Trinajstić information content (AvgIpc) is 2.73. The third kappa shape index (κ3) is 4.86. The second kappa shape index (κ2) is 8.64. The normalized spacial score (nSPS) is 17.2. The Labute approximate surface area is 196 Å². The topological polar surface area (TPSA) is 88.1 Å². The molecule has 1 saturated heterocycles. The van der Waals surface area contributed by atoms with Crippen LogP contribution in [-0.2, 0) is 15.8 Å². The number of hydrogen-bond donors (Lipinski definition) is 1. The zero-order valence-electron chi connectivity index (χ0n) is 18.4. The number of aromatic nitrogens is 3. The fourth-order valence-electron chi connectivity index (χ4n) is 4.13. The third-order valence-corrected chi connectivity index (χ3v) is 7.80. The van der Waals surface area contributed by atoms with Crippen molar-refractivity contribution in [3.8, 4) is 0 Å². The summed E-state index contributed by atoms with van der Waals surface area (Å²) in [7, 11) is -3.05. The van der Waals surface area contributed by atoms with Crippen molar-refractivity contribution >= 4 is 44.0 Å². The van der Waals surface area contributed by atoms with Crippen LogP contribution in [0.4, 0.5) is 20.3 Å². The van der Waals surface area contributed by atoms with Crippen LogP contribution in [0.5, 0.6) is 0 Å². The molecule has 3 heterocycles. The van der Waals surface area contributed by atoms with Crippen LogP contribution in [0, 0.1) is 6.92 Å². The van der Waals surface area contributed by atoms with Crippen molar-refractivity contribution in [2.45, 2.75) is 32.7 Å². The lowest BCUT2D eigenvalue weighted by molar-refractivity contribution is 0.0167. The van der Waals surface area contributed by atoms with Gasteiger partial charge in [0.15, 0.2) is 20.6 Å². The summed E-state index contributed by atoms with van der Waals surface area (Å²) < 4.78 is 51.6. The molecule has 0 saturated carbocycles. The molecule has 0 unspecified atom stereocenters. The van der Waals surface area contributed by atoms with Gasteiger partial charge in [-0.15, -0.1) is 0 Å². The van der Waals surface area contributed by atoms with Crippen molar-refractivity contribution in [2.24, 2.45) is 0 Å². The van der Waals surface area contributed by atoms with Crippen LogP contribution >= 0.6 is 11.6 Å². The summed E-state index contributed by atoms with van der Waals surface area (Å²) in [6.45, 7) is 5.08. The first-order chi connectivity index (χ1) is 15.5. The van der Waals surface area contributed by atoms with Gasteiger partial charge >= 0.3 is 0 Å². The van der Waals surface area contributed by atoms with Crippen LogP contribution in [0.3, 0.4) is 0 Å². The maximum absolute atomic E-state index is 14.0. The van der Waals surface area contributed by atoms with Crippen LogP contribution in [-0.4, -0.2) is 48.0 Å². The van der Waals surface area contributed by atoms with E-state index >= 15 is 0 Å². The third-order valence-electron chi connectivity index (χ3n) is 5.91. The molecule has 4 rings (SSSR count). The predicted octanol–water partition coefficient (Wildman–Crippen LogP) is 4.51. The predicted molar refractivity (Wildman–Crippen MR) is 126 cm³/mol. The lowest BCUT2D eigenvalue weighted by atomic mass is 9.94. The maximum Gasteiger partial charge on any atom is 0.270 e. The van der Waals surface area contributed by atoms with Crippen LogP contribution in [0.1, 0.15) is 36.6 Å². The van der Waals surface area contributed by atoms with Gasteiger partial charge in [-0.1, -0.05) is 29.8 Å². The van der Waals surface area contributed by atoms with Crippen molar-refractivity contribution in [1.82, 2.24) is 15.0 Å². The summed E-state index contributed by atoms with van der Waals surface area (Å²) in [5.41, 5.74) is 2.21. The Morgan fingerprint density at radius 1 is 1.21 bits per heavy atom. The molecule has 0 amide bonds. The molecule has 1 atom stereocenters. The molecule has 0 bridgehead atoms. The smallest absolute Gasteiger partial charge is 0.270 e. The molecular weight excluding hydrogens is 472 g/mol. The molecule has 1 fully saturated rings. The quantitative estimate of drug-likeness (QED) is 0.521. The summed E-state index contributed by atoms with van der Waals surface area (Å²) >= 11 is 6.39. The number of sulfone groups is 1. The number of nitrogens with one attached hydrogen (secondary N) is 1. The number of rotatable bonds is 5. The van der Waals surface area contributed by atoms with E-state index in [4.69, 9.17) is 11.6 Å². The molecule has 3 aromatic rings. The van der Waals surface area contributed by atoms with Gasteiger partial charge in [0.05, 0.1) is 28.6 Å². The highest BCUT2D eigenvalue weighted by Gasteiger charge is 2.28. The molecule has 7 nitrogen and oxygen atoms in total. The van der Waals surface area contributed by atoms with Crippen molar-refractivity contribution in [3.05, 3.63) is 52.4 Å². The Kier molecular flexibility index (Phi) is 6.17. The lowest BCUT2D eigenvalue weighted by Gasteiger charge is -2.29. The van der Waals surface area contributed by atoms with E-state index in [1.54, 1.807) is 25.1 Å². The van der Waals surface area contributed by atoms with Gasteiger partial charge in [-0.05, 0) is 31.0 Å². The number of fused-ring (bicyclic) bond motifs is 1. The Balaban J connectivity index is 1.69. The molecule has 2 aromatic heterocycles. The highest BCUT2D eigenvalue weighted by Crippen LogP contribution is 2.35. The van der Waals surface area contributed by atoms with E-state index in [1.165, 1.54) is 12.4 Å². The molecule has 33 heavy (non-hydrogen) atoms. The van der Waals surface area contributed by atoms with Gasteiger partial charge in [0.1, 0.15) is 12.1 Å². The highest BCUT2D eigenvalue weighted by atomic mass is 35.5. The van der Waals surface area contributed by atoms with Crippen molar-refractivity contribution in [3.63, 3.8) is 0 Å². The number of benzene rings is 1. The number of alkyl halides is 2. The SMILES string of the molecule is Cc1c([C@@H](C)Nc2ncnc3nc(Cl)c(N4CCS(=O)(=O)CC4)cc23)cccc1C(C)(F)F. The first kappa shape index (κ1) is 23.6. The van der Waals surface area contributed by atoms with E-state index in [-0.39, 0.29) is 28.3 Å². The second-order valence-electron chi connectivity index (χ2n) is 8.30. The van der Waals surface area contributed by atoms with Crippen LogP contribution in [0.2, 0.25) is 5.15 Å². The van der Waals surface area contributed by atoms with E-state index in [0.717, 1.165) is 12.5 Å². The monoisotopic (exact) mass is 495 g/mol. The van der Waals surface area contributed by atoms with E-state index in [9.17, 15) is 17.2 Å². The summed E-state index contributed by atoms with van der Waals surface area (Å²) in [6, 6.07) is 6.32. The molecule has 1 aromatic carbocycles. The van der Waals surface area contributed by atoms with E-state index in [0.29, 0.717) is 41.2 Å². The van der Waals surface area contributed by atoms with Gasteiger partial charge in [-0.3, -0.25) is 0 Å². The average molecular weight is 496 g/mol. The van der Waals surface area contributed by atoms with Gasteiger partial charge in [-0.2, -0.15) is 0 Å². The van der Waals surface area contributed by atoms with Gasteiger partial charge < -0.3 is 10.2 Å².